The molecule has 1 unspecified atom stereocenters. The quantitative estimate of drug-likeness (QED) is 0.575. The Kier molecular flexibility index (Phi) is 7.07. The van der Waals surface area contributed by atoms with Crippen LogP contribution in [0.15, 0.2) is 22.7 Å². The first-order valence-corrected chi connectivity index (χ1v) is 9.24. The van der Waals surface area contributed by atoms with Crippen LogP contribution in [0.3, 0.4) is 0 Å². The van der Waals surface area contributed by atoms with Gasteiger partial charge in [-0.15, -0.1) is 4.72 Å². The lowest BCUT2D eigenvalue weighted by Crippen LogP contribution is -2.51. The average Bonchev–Trinajstić information content (AvgIpc) is 2.40. The molecule has 1 rings (SSSR count). The Morgan fingerprint density at radius 2 is 2.00 bits per heavy atom. The highest BCUT2D eigenvalue weighted by Crippen LogP contribution is 2.32. The van der Waals surface area contributed by atoms with E-state index in [1.807, 2.05) is 0 Å². The van der Waals surface area contributed by atoms with Crippen molar-refractivity contribution < 1.29 is 18.5 Å². The summed E-state index contributed by atoms with van der Waals surface area (Å²) >= 11 is 1.82. The molecule has 0 radical (unpaired) electrons. The maximum Gasteiger partial charge on any atom is 0.308 e. The summed E-state index contributed by atoms with van der Waals surface area (Å²) in [6, 6.07) is 4.47. The molecule has 4 nitrogen and oxygen atoms in total. The fourth-order valence-corrected chi connectivity index (χ4v) is 3.22. The first-order valence-electron chi connectivity index (χ1n) is 7.30. The van der Waals surface area contributed by atoms with E-state index in [-0.39, 0.29) is 18.6 Å². The van der Waals surface area contributed by atoms with Crippen LogP contribution >= 0.6 is 15.9 Å². The molecule has 0 amide bonds. The zero-order valence-corrected chi connectivity index (χ0v) is 16.4. The first-order chi connectivity index (χ1) is 10.5. The summed E-state index contributed by atoms with van der Waals surface area (Å²) in [4.78, 5) is 12.0. The van der Waals surface area contributed by atoms with Gasteiger partial charge in [0.1, 0.15) is 10.6 Å². The minimum absolute atomic E-state index is 0.129. The van der Waals surface area contributed by atoms with Crippen LogP contribution in [0.1, 0.15) is 46.6 Å². The van der Waals surface area contributed by atoms with Crippen LogP contribution in [-0.2, 0) is 26.4 Å². The molecule has 7 heteroatoms. The van der Waals surface area contributed by atoms with E-state index in [4.69, 9.17) is 4.74 Å². The maximum atomic E-state index is 14.3. The number of hydrogen-bond acceptors (Lipinski definition) is 4. The molecule has 0 bridgehead atoms. The Morgan fingerprint density at radius 1 is 1.39 bits per heavy atom. The second kappa shape index (κ2) is 7.96. The largest absolute Gasteiger partial charge is 0.598 e. The van der Waals surface area contributed by atoms with E-state index in [2.05, 4.69) is 20.7 Å². The number of benzene rings is 1. The van der Waals surface area contributed by atoms with Crippen molar-refractivity contribution in [3.63, 3.8) is 0 Å². The van der Waals surface area contributed by atoms with Gasteiger partial charge in [-0.1, -0.05) is 15.9 Å². The Hall–Kier alpha value is -0.630. The molecular formula is C16H23BrFNO3S. The molecule has 0 spiro atoms. The van der Waals surface area contributed by atoms with Crippen molar-refractivity contribution in [2.45, 2.75) is 51.3 Å². The van der Waals surface area contributed by atoms with Gasteiger partial charge in [0.15, 0.2) is 0 Å². The second-order valence-corrected chi connectivity index (χ2v) is 9.30. The number of ether oxygens (including phenoxy) is 1. The Bertz CT molecular complexity index is 565. The zero-order chi connectivity index (χ0) is 17.8. The van der Waals surface area contributed by atoms with Crippen LogP contribution in [0.5, 0.6) is 0 Å². The number of carbonyl (C=O) groups excluding carboxylic acids is 1. The van der Waals surface area contributed by atoms with Crippen LogP contribution in [0.2, 0.25) is 0 Å². The van der Waals surface area contributed by atoms with E-state index < -0.39 is 33.4 Å². The van der Waals surface area contributed by atoms with Gasteiger partial charge in [0.2, 0.25) is 0 Å². The highest BCUT2D eigenvalue weighted by molar-refractivity contribution is 9.10. The van der Waals surface area contributed by atoms with Crippen LogP contribution in [-0.4, -0.2) is 21.9 Å². The van der Waals surface area contributed by atoms with E-state index >= 15 is 0 Å². The minimum Gasteiger partial charge on any atom is -0.598 e. The summed E-state index contributed by atoms with van der Waals surface area (Å²) in [7, 11) is 0. The van der Waals surface area contributed by atoms with Crippen molar-refractivity contribution in [3.05, 3.63) is 34.1 Å². The predicted molar refractivity (Wildman–Crippen MR) is 93.7 cm³/mol. The molecule has 23 heavy (non-hydrogen) atoms. The molecule has 1 aromatic rings. The SMILES string of the molecule is CCOC(=O)CC(C)(N[S@+]([O-])C(C)(C)C)c1cc(Br)ccc1F. The van der Waals surface area contributed by atoms with E-state index in [9.17, 15) is 13.7 Å². The number of rotatable bonds is 6. The van der Waals surface area contributed by atoms with Gasteiger partial charge < -0.3 is 9.29 Å². The van der Waals surface area contributed by atoms with Crippen LogP contribution < -0.4 is 4.72 Å². The average molecular weight is 408 g/mol. The van der Waals surface area contributed by atoms with Crippen molar-refractivity contribution in [1.82, 2.24) is 4.72 Å². The van der Waals surface area contributed by atoms with E-state index in [1.54, 1.807) is 46.8 Å². The third kappa shape index (κ3) is 5.74. The molecule has 0 aromatic heterocycles. The smallest absolute Gasteiger partial charge is 0.308 e. The van der Waals surface area contributed by atoms with Gasteiger partial charge in [0, 0.05) is 21.4 Å². The molecule has 0 saturated heterocycles. The molecule has 1 N–H and O–H groups in total. The van der Waals surface area contributed by atoms with Gasteiger partial charge >= 0.3 is 5.97 Å². The van der Waals surface area contributed by atoms with Crippen molar-refractivity contribution in [3.8, 4) is 0 Å². The third-order valence-electron chi connectivity index (χ3n) is 3.20. The maximum absolute atomic E-state index is 14.3. The molecule has 0 saturated carbocycles. The molecule has 130 valence electrons. The second-order valence-electron chi connectivity index (χ2n) is 6.42. The lowest BCUT2D eigenvalue weighted by atomic mass is 9.89. The Morgan fingerprint density at radius 3 is 2.52 bits per heavy atom. The van der Waals surface area contributed by atoms with E-state index in [1.165, 1.54) is 6.07 Å². The topological polar surface area (TPSA) is 61.4 Å². The number of hydrogen-bond donors (Lipinski definition) is 1. The van der Waals surface area contributed by atoms with Crippen molar-refractivity contribution in [2.24, 2.45) is 0 Å². The standard InChI is InChI=1S/C16H23BrFNO3S/c1-6-22-14(20)10-16(5,19-23(21)15(2,3)4)12-9-11(17)7-8-13(12)18/h7-9,19H,6,10H2,1-5H3/t16?,23-/m1/s1. The van der Waals surface area contributed by atoms with E-state index in [0.717, 1.165) is 0 Å². The summed E-state index contributed by atoms with van der Waals surface area (Å²) in [5.74, 6) is -0.953. The number of esters is 1. The van der Waals surface area contributed by atoms with Gasteiger partial charge in [-0.05, 0) is 52.8 Å². The number of carbonyl (C=O) groups is 1. The molecule has 0 heterocycles. The van der Waals surface area contributed by atoms with Crippen molar-refractivity contribution in [1.29, 1.82) is 0 Å². The van der Waals surface area contributed by atoms with Crippen LogP contribution in [0, 0.1) is 5.82 Å². The van der Waals surface area contributed by atoms with Gasteiger partial charge in [0.25, 0.3) is 0 Å². The van der Waals surface area contributed by atoms with Crippen LogP contribution in [0.25, 0.3) is 0 Å². The predicted octanol–water partition coefficient (Wildman–Crippen LogP) is 3.81. The fraction of sp³-hybridized carbons (Fsp3) is 0.562. The monoisotopic (exact) mass is 407 g/mol. The molecule has 2 atom stereocenters. The Labute approximate surface area is 148 Å². The van der Waals surface area contributed by atoms with Gasteiger partial charge in [-0.2, -0.15) is 0 Å². The molecule has 0 aliphatic carbocycles. The van der Waals surface area contributed by atoms with Gasteiger partial charge in [-0.25, -0.2) is 4.39 Å². The van der Waals surface area contributed by atoms with Gasteiger partial charge in [-0.3, -0.25) is 4.79 Å². The molecule has 0 aliphatic heterocycles. The minimum atomic E-state index is -1.48. The Balaban J connectivity index is 3.24. The highest BCUT2D eigenvalue weighted by atomic mass is 79.9. The zero-order valence-electron chi connectivity index (χ0n) is 14.0. The van der Waals surface area contributed by atoms with E-state index in [0.29, 0.717) is 4.47 Å². The number of halogens is 2. The molecule has 0 aliphatic rings. The first kappa shape index (κ1) is 20.4. The summed E-state index contributed by atoms with van der Waals surface area (Å²) in [6.07, 6.45) is -0.129. The normalized spacial score (nSPS) is 15.8. The summed E-state index contributed by atoms with van der Waals surface area (Å²) < 4.78 is 34.9. The summed E-state index contributed by atoms with van der Waals surface area (Å²) in [5.41, 5.74) is -0.893. The highest BCUT2D eigenvalue weighted by Gasteiger charge is 2.40. The van der Waals surface area contributed by atoms with Crippen molar-refractivity contribution >= 4 is 33.3 Å². The fourth-order valence-electron chi connectivity index (χ4n) is 1.97. The van der Waals surface area contributed by atoms with Gasteiger partial charge in [0.05, 0.1) is 18.6 Å². The molecule has 1 aromatic carbocycles. The van der Waals surface area contributed by atoms with Crippen LogP contribution in [0.4, 0.5) is 4.39 Å². The lowest BCUT2D eigenvalue weighted by molar-refractivity contribution is -0.144. The lowest BCUT2D eigenvalue weighted by Gasteiger charge is -2.34. The molecule has 0 fully saturated rings. The number of nitrogens with one attached hydrogen (secondary N) is 1. The summed E-state index contributed by atoms with van der Waals surface area (Å²) in [6.45, 7) is 9.00. The third-order valence-corrected chi connectivity index (χ3v) is 5.44. The summed E-state index contributed by atoms with van der Waals surface area (Å²) in [5, 5.41) is 0. The molecular weight excluding hydrogens is 385 g/mol. The van der Waals surface area contributed by atoms with Crippen molar-refractivity contribution in [2.75, 3.05) is 6.61 Å².